The number of piperidine rings is 1. The van der Waals surface area contributed by atoms with E-state index in [1.807, 2.05) is 42.5 Å². The molecule has 0 bridgehead atoms. The summed E-state index contributed by atoms with van der Waals surface area (Å²) < 4.78 is 0. The Morgan fingerprint density at radius 3 is 2.68 bits per heavy atom. The SMILES string of the molecule is N#CCN(C(=O)[C@H]1CCCCN1)c1cc(-c2ccccc2)ccc1Cl. The van der Waals surface area contributed by atoms with Crippen LogP contribution in [0.25, 0.3) is 11.1 Å². The molecule has 2 aromatic rings. The standard InChI is InChI=1S/C20H20ClN3O/c21-17-10-9-16(15-6-2-1-3-7-15)14-19(17)24(13-11-22)20(25)18-8-4-5-12-23-18/h1-3,6-7,9-10,14,18,23H,4-5,8,12-13H2/t18-/m1/s1. The summed E-state index contributed by atoms with van der Waals surface area (Å²) in [5.41, 5.74) is 2.59. The number of benzene rings is 2. The van der Waals surface area contributed by atoms with Gasteiger partial charge in [-0.25, -0.2) is 0 Å². The Morgan fingerprint density at radius 2 is 2.00 bits per heavy atom. The first-order chi connectivity index (χ1) is 12.2. The van der Waals surface area contributed by atoms with E-state index in [-0.39, 0.29) is 18.5 Å². The van der Waals surface area contributed by atoms with E-state index in [0.717, 1.165) is 36.9 Å². The molecule has 5 heteroatoms. The summed E-state index contributed by atoms with van der Waals surface area (Å²) in [6, 6.07) is 17.3. The zero-order valence-electron chi connectivity index (χ0n) is 13.9. The summed E-state index contributed by atoms with van der Waals surface area (Å²) >= 11 is 6.37. The molecule has 3 rings (SSSR count). The summed E-state index contributed by atoms with van der Waals surface area (Å²) in [6.07, 6.45) is 2.88. The van der Waals surface area contributed by atoms with Crippen LogP contribution in [0.15, 0.2) is 48.5 Å². The van der Waals surface area contributed by atoms with Gasteiger partial charge >= 0.3 is 0 Å². The highest BCUT2D eigenvalue weighted by Gasteiger charge is 2.27. The lowest BCUT2D eigenvalue weighted by Crippen LogP contribution is -2.49. The Labute approximate surface area is 153 Å². The molecule has 1 amide bonds. The van der Waals surface area contributed by atoms with Crippen LogP contribution in [0.4, 0.5) is 5.69 Å². The summed E-state index contributed by atoms with van der Waals surface area (Å²) in [5, 5.41) is 12.9. The van der Waals surface area contributed by atoms with E-state index < -0.39 is 0 Å². The number of nitrogens with zero attached hydrogens (tertiary/aromatic N) is 2. The summed E-state index contributed by atoms with van der Waals surface area (Å²) in [5.74, 6) is -0.0895. The molecule has 0 spiro atoms. The monoisotopic (exact) mass is 353 g/mol. The van der Waals surface area contributed by atoms with Gasteiger partial charge in [-0.15, -0.1) is 0 Å². The van der Waals surface area contributed by atoms with Gasteiger partial charge in [0.25, 0.3) is 0 Å². The third kappa shape index (κ3) is 4.01. The topological polar surface area (TPSA) is 56.1 Å². The Bertz CT molecular complexity index is 779. The molecule has 2 aromatic carbocycles. The van der Waals surface area contributed by atoms with E-state index in [1.165, 1.54) is 4.90 Å². The minimum Gasteiger partial charge on any atom is -0.306 e. The van der Waals surface area contributed by atoms with E-state index in [0.29, 0.717) is 10.7 Å². The van der Waals surface area contributed by atoms with Gasteiger partial charge in [0, 0.05) is 0 Å². The Hall–Kier alpha value is -2.35. The fourth-order valence-corrected chi connectivity index (χ4v) is 3.35. The van der Waals surface area contributed by atoms with Gasteiger partial charge in [0.15, 0.2) is 0 Å². The van der Waals surface area contributed by atoms with Crippen molar-refractivity contribution in [2.45, 2.75) is 25.3 Å². The van der Waals surface area contributed by atoms with E-state index >= 15 is 0 Å². The van der Waals surface area contributed by atoms with E-state index in [2.05, 4.69) is 11.4 Å². The maximum atomic E-state index is 12.9. The van der Waals surface area contributed by atoms with Crippen LogP contribution < -0.4 is 10.2 Å². The first-order valence-electron chi connectivity index (χ1n) is 8.47. The number of carbonyl (C=O) groups excluding carboxylic acids is 1. The van der Waals surface area contributed by atoms with Crippen LogP contribution >= 0.6 is 11.6 Å². The Kier molecular flexibility index (Phi) is 5.70. The number of amides is 1. The van der Waals surface area contributed by atoms with Crippen LogP contribution in [0.5, 0.6) is 0 Å². The first kappa shape index (κ1) is 17.5. The summed E-state index contributed by atoms with van der Waals surface area (Å²) in [7, 11) is 0. The van der Waals surface area contributed by atoms with Crippen molar-refractivity contribution in [2.24, 2.45) is 0 Å². The van der Waals surface area contributed by atoms with Crippen molar-refractivity contribution >= 4 is 23.2 Å². The van der Waals surface area contributed by atoms with Crippen LogP contribution in [0.1, 0.15) is 19.3 Å². The molecular weight excluding hydrogens is 334 g/mol. The molecule has 0 aromatic heterocycles. The normalized spacial score (nSPS) is 16.9. The third-order valence-electron chi connectivity index (χ3n) is 4.45. The van der Waals surface area contributed by atoms with Crippen LogP contribution in [-0.4, -0.2) is 25.0 Å². The van der Waals surface area contributed by atoms with Crippen LogP contribution in [0.3, 0.4) is 0 Å². The molecule has 4 nitrogen and oxygen atoms in total. The van der Waals surface area contributed by atoms with Gasteiger partial charge in [-0.1, -0.05) is 54.4 Å². The van der Waals surface area contributed by atoms with E-state index in [4.69, 9.17) is 11.6 Å². The van der Waals surface area contributed by atoms with Gasteiger partial charge in [0.2, 0.25) is 5.91 Å². The molecule has 1 N–H and O–H groups in total. The largest absolute Gasteiger partial charge is 0.306 e. The quantitative estimate of drug-likeness (QED) is 0.845. The van der Waals surface area contributed by atoms with Gasteiger partial charge in [0.05, 0.1) is 22.8 Å². The minimum absolute atomic E-state index is 0.0189. The lowest BCUT2D eigenvalue weighted by molar-refractivity contribution is -0.121. The second kappa shape index (κ2) is 8.15. The van der Waals surface area contributed by atoms with Crippen LogP contribution in [0, 0.1) is 11.3 Å². The maximum Gasteiger partial charge on any atom is 0.245 e. The number of hydrogen-bond donors (Lipinski definition) is 1. The average Bonchev–Trinajstić information content (AvgIpc) is 2.68. The van der Waals surface area contributed by atoms with Crippen molar-refractivity contribution in [2.75, 3.05) is 18.0 Å². The highest BCUT2D eigenvalue weighted by Crippen LogP contribution is 2.32. The molecule has 1 atom stereocenters. The lowest BCUT2D eigenvalue weighted by atomic mass is 10.0. The van der Waals surface area contributed by atoms with Crippen LogP contribution in [0.2, 0.25) is 5.02 Å². The predicted octanol–water partition coefficient (Wildman–Crippen LogP) is 4.01. The maximum absolute atomic E-state index is 12.9. The molecule has 25 heavy (non-hydrogen) atoms. The average molecular weight is 354 g/mol. The minimum atomic E-state index is -0.251. The lowest BCUT2D eigenvalue weighted by Gasteiger charge is -2.29. The van der Waals surface area contributed by atoms with Crippen molar-refractivity contribution < 1.29 is 4.79 Å². The van der Waals surface area contributed by atoms with Crippen molar-refractivity contribution in [3.8, 4) is 17.2 Å². The van der Waals surface area contributed by atoms with Gasteiger partial charge in [0.1, 0.15) is 6.54 Å². The number of hydrogen-bond acceptors (Lipinski definition) is 3. The number of nitriles is 1. The molecule has 0 saturated carbocycles. The van der Waals surface area contributed by atoms with Gasteiger partial charge in [-0.05, 0) is 42.6 Å². The molecule has 0 aliphatic carbocycles. The number of anilines is 1. The van der Waals surface area contributed by atoms with Gasteiger partial charge < -0.3 is 5.32 Å². The van der Waals surface area contributed by atoms with Crippen molar-refractivity contribution in [3.63, 3.8) is 0 Å². The number of nitrogens with one attached hydrogen (secondary N) is 1. The smallest absolute Gasteiger partial charge is 0.245 e. The van der Waals surface area contributed by atoms with Gasteiger partial charge in [-0.3, -0.25) is 9.69 Å². The third-order valence-corrected chi connectivity index (χ3v) is 4.77. The molecule has 1 heterocycles. The fraction of sp³-hybridized carbons (Fsp3) is 0.300. The molecule has 128 valence electrons. The zero-order chi connectivity index (χ0) is 17.6. The molecular formula is C20H20ClN3O. The predicted molar refractivity (Wildman–Crippen MR) is 100 cm³/mol. The zero-order valence-corrected chi connectivity index (χ0v) is 14.7. The van der Waals surface area contributed by atoms with Crippen molar-refractivity contribution in [1.82, 2.24) is 5.32 Å². The number of rotatable bonds is 4. The first-order valence-corrected chi connectivity index (χ1v) is 8.85. The molecule has 1 saturated heterocycles. The number of carbonyl (C=O) groups is 1. The van der Waals surface area contributed by atoms with Crippen LogP contribution in [-0.2, 0) is 4.79 Å². The number of halogens is 1. The second-order valence-electron chi connectivity index (χ2n) is 6.12. The molecule has 1 aliphatic rings. The van der Waals surface area contributed by atoms with E-state index in [9.17, 15) is 10.1 Å². The Balaban J connectivity index is 1.95. The molecule has 0 unspecified atom stereocenters. The van der Waals surface area contributed by atoms with Gasteiger partial charge in [-0.2, -0.15) is 5.26 Å². The highest BCUT2D eigenvalue weighted by atomic mass is 35.5. The summed E-state index contributed by atoms with van der Waals surface area (Å²) in [4.78, 5) is 14.4. The second-order valence-corrected chi connectivity index (χ2v) is 6.52. The van der Waals surface area contributed by atoms with Crippen molar-refractivity contribution in [3.05, 3.63) is 53.6 Å². The molecule has 0 radical (unpaired) electrons. The van der Waals surface area contributed by atoms with Crippen molar-refractivity contribution in [1.29, 1.82) is 5.26 Å². The molecule has 1 fully saturated rings. The highest BCUT2D eigenvalue weighted by molar-refractivity contribution is 6.34. The van der Waals surface area contributed by atoms with E-state index in [1.54, 1.807) is 6.07 Å². The molecule has 1 aliphatic heterocycles. The summed E-state index contributed by atoms with van der Waals surface area (Å²) in [6.45, 7) is 0.809. The fourth-order valence-electron chi connectivity index (χ4n) is 3.13. The Morgan fingerprint density at radius 1 is 1.20 bits per heavy atom.